The minimum Gasteiger partial charge on any atom is -0.497 e. The average Bonchev–Trinajstić information content (AvgIpc) is 2.89. The van der Waals surface area contributed by atoms with Gasteiger partial charge in [0.25, 0.3) is 0 Å². The Morgan fingerprint density at radius 3 is 2.57 bits per heavy atom. The first kappa shape index (κ1) is 25.8. The van der Waals surface area contributed by atoms with Crippen molar-refractivity contribution in [2.45, 2.75) is 31.8 Å². The van der Waals surface area contributed by atoms with Crippen LogP contribution in [-0.4, -0.2) is 75.4 Å². The van der Waals surface area contributed by atoms with Crippen LogP contribution in [0.5, 0.6) is 11.5 Å². The van der Waals surface area contributed by atoms with Gasteiger partial charge in [-0.1, -0.05) is 23.7 Å². The molecule has 2 aliphatic heterocycles. The van der Waals surface area contributed by atoms with Crippen LogP contribution in [0.3, 0.4) is 0 Å². The van der Waals surface area contributed by atoms with Gasteiger partial charge in [-0.2, -0.15) is 0 Å². The Bertz CT molecular complexity index is 965. The van der Waals surface area contributed by atoms with E-state index in [9.17, 15) is 4.79 Å². The number of hydrogen-bond donors (Lipinski definition) is 1. The van der Waals surface area contributed by atoms with Crippen molar-refractivity contribution in [1.82, 2.24) is 9.80 Å². The molecule has 2 aliphatic rings. The van der Waals surface area contributed by atoms with E-state index in [-0.39, 0.29) is 5.91 Å². The lowest BCUT2D eigenvalue weighted by atomic mass is 9.86. The molecule has 7 nitrogen and oxygen atoms in total. The normalized spacial score (nSPS) is 21.5. The summed E-state index contributed by atoms with van der Waals surface area (Å²) in [5.74, 6) is 1.70. The van der Waals surface area contributed by atoms with Gasteiger partial charge in [0.15, 0.2) is 0 Å². The largest absolute Gasteiger partial charge is 0.497 e. The van der Waals surface area contributed by atoms with Crippen molar-refractivity contribution in [1.29, 1.82) is 0 Å². The topological polar surface area (TPSA) is 63.3 Å². The van der Waals surface area contributed by atoms with E-state index in [4.69, 9.17) is 25.8 Å². The number of hydrogen-bond acceptors (Lipinski definition) is 6. The third kappa shape index (κ3) is 7.10. The number of piperidine rings is 1. The number of morpholine rings is 1. The van der Waals surface area contributed by atoms with Crippen LogP contribution in [0.1, 0.15) is 24.8 Å². The predicted molar refractivity (Wildman–Crippen MR) is 138 cm³/mol. The number of ether oxygens (including phenoxy) is 3. The minimum absolute atomic E-state index is 0.00372. The van der Waals surface area contributed by atoms with Gasteiger partial charge in [0.05, 0.1) is 33.1 Å². The van der Waals surface area contributed by atoms with E-state index in [1.54, 1.807) is 20.3 Å². The monoisotopic (exact) mass is 501 g/mol. The summed E-state index contributed by atoms with van der Waals surface area (Å²) >= 11 is 6.06. The van der Waals surface area contributed by atoms with Crippen LogP contribution in [0, 0.1) is 5.92 Å². The Kier molecular flexibility index (Phi) is 9.26. The van der Waals surface area contributed by atoms with Crippen LogP contribution in [0.4, 0.5) is 5.69 Å². The predicted octanol–water partition coefficient (Wildman–Crippen LogP) is 4.30. The highest BCUT2D eigenvalue weighted by molar-refractivity contribution is 6.30. The second kappa shape index (κ2) is 12.6. The summed E-state index contributed by atoms with van der Waals surface area (Å²) in [6.45, 7) is 6.44. The number of anilines is 1. The van der Waals surface area contributed by atoms with E-state index in [0.717, 1.165) is 63.8 Å². The van der Waals surface area contributed by atoms with Gasteiger partial charge in [-0.05, 0) is 55.1 Å². The summed E-state index contributed by atoms with van der Waals surface area (Å²) < 4.78 is 16.3. The van der Waals surface area contributed by atoms with E-state index in [2.05, 4.69) is 27.2 Å². The average molecular weight is 502 g/mol. The zero-order valence-electron chi connectivity index (χ0n) is 20.7. The molecule has 2 saturated heterocycles. The zero-order valence-corrected chi connectivity index (χ0v) is 21.4. The SMILES string of the molecule is COc1ccc(NC(=O)CC[C@H]2CN(Cc3ccc(Cl)cc3)CC[C@H]2N2CCOCC2)c(OC)c1. The van der Waals surface area contributed by atoms with E-state index in [1.165, 1.54) is 5.56 Å². The lowest BCUT2D eigenvalue weighted by Gasteiger charge is -2.45. The number of amides is 1. The van der Waals surface area contributed by atoms with Crippen LogP contribution in [0.15, 0.2) is 42.5 Å². The van der Waals surface area contributed by atoms with Gasteiger partial charge in [-0.25, -0.2) is 0 Å². The maximum atomic E-state index is 12.9. The maximum absolute atomic E-state index is 12.9. The molecule has 35 heavy (non-hydrogen) atoms. The van der Waals surface area contributed by atoms with Crippen molar-refractivity contribution >= 4 is 23.2 Å². The smallest absolute Gasteiger partial charge is 0.224 e. The Hall–Kier alpha value is -2.32. The second-order valence-electron chi connectivity index (χ2n) is 9.28. The lowest BCUT2D eigenvalue weighted by molar-refractivity contribution is -0.116. The molecule has 2 aromatic carbocycles. The molecule has 0 unspecified atom stereocenters. The Labute approximate surface area is 213 Å². The summed E-state index contributed by atoms with van der Waals surface area (Å²) in [5, 5.41) is 3.79. The van der Waals surface area contributed by atoms with Crippen LogP contribution in [-0.2, 0) is 16.1 Å². The number of nitrogens with one attached hydrogen (secondary N) is 1. The van der Waals surface area contributed by atoms with Crippen molar-refractivity contribution < 1.29 is 19.0 Å². The number of benzene rings is 2. The molecule has 0 bridgehead atoms. The van der Waals surface area contributed by atoms with Gasteiger partial charge in [-0.15, -0.1) is 0 Å². The molecule has 0 radical (unpaired) electrons. The molecule has 1 amide bonds. The van der Waals surface area contributed by atoms with Crippen LogP contribution >= 0.6 is 11.6 Å². The third-order valence-electron chi connectivity index (χ3n) is 7.04. The van der Waals surface area contributed by atoms with Crippen molar-refractivity contribution in [3.8, 4) is 11.5 Å². The van der Waals surface area contributed by atoms with E-state index < -0.39 is 0 Å². The van der Waals surface area contributed by atoms with E-state index >= 15 is 0 Å². The molecule has 1 N–H and O–H groups in total. The summed E-state index contributed by atoms with van der Waals surface area (Å²) in [6, 6.07) is 14.0. The summed E-state index contributed by atoms with van der Waals surface area (Å²) in [5.41, 5.74) is 1.93. The number of likely N-dealkylation sites (tertiary alicyclic amines) is 1. The molecule has 2 fully saturated rings. The van der Waals surface area contributed by atoms with Crippen molar-refractivity contribution in [2.75, 3.05) is 58.9 Å². The number of nitrogens with zero attached hydrogens (tertiary/aromatic N) is 2. The van der Waals surface area contributed by atoms with Crippen LogP contribution in [0.2, 0.25) is 5.02 Å². The first-order valence-corrected chi connectivity index (χ1v) is 12.7. The van der Waals surface area contributed by atoms with Crippen molar-refractivity contribution in [3.63, 3.8) is 0 Å². The van der Waals surface area contributed by atoms with Gasteiger partial charge in [0, 0.05) is 49.7 Å². The summed E-state index contributed by atoms with van der Waals surface area (Å²) in [7, 11) is 3.20. The molecule has 8 heteroatoms. The van der Waals surface area contributed by atoms with Gasteiger partial charge >= 0.3 is 0 Å². The fourth-order valence-electron chi connectivity index (χ4n) is 5.19. The Morgan fingerprint density at radius 2 is 1.86 bits per heavy atom. The highest BCUT2D eigenvalue weighted by atomic mass is 35.5. The number of methoxy groups -OCH3 is 2. The van der Waals surface area contributed by atoms with Gasteiger partial charge in [-0.3, -0.25) is 14.6 Å². The highest BCUT2D eigenvalue weighted by Gasteiger charge is 2.34. The molecule has 2 atom stereocenters. The molecule has 0 aromatic heterocycles. The summed E-state index contributed by atoms with van der Waals surface area (Å²) in [6.07, 6.45) is 2.41. The van der Waals surface area contributed by atoms with Crippen LogP contribution in [0.25, 0.3) is 0 Å². The first-order valence-electron chi connectivity index (χ1n) is 12.4. The molecule has 190 valence electrons. The number of rotatable bonds is 9. The quantitative estimate of drug-likeness (QED) is 0.552. The molecule has 4 rings (SSSR count). The number of carbonyl (C=O) groups is 1. The van der Waals surface area contributed by atoms with Gasteiger partial charge < -0.3 is 19.5 Å². The molecule has 0 spiro atoms. The zero-order chi connectivity index (χ0) is 24.6. The van der Waals surface area contributed by atoms with Gasteiger partial charge in [0.2, 0.25) is 5.91 Å². The highest BCUT2D eigenvalue weighted by Crippen LogP contribution is 2.31. The van der Waals surface area contributed by atoms with E-state index in [1.807, 2.05) is 24.3 Å². The van der Waals surface area contributed by atoms with E-state index in [0.29, 0.717) is 35.6 Å². The number of carbonyl (C=O) groups excluding carboxylic acids is 1. The standard InChI is InChI=1S/C27H36ClN3O4/c1-33-23-8-9-24(26(17-23)34-2)29-27(32)10-5-21-19-30(18-20-3-6-22(28)7-4-20)12-11-25(21)31-13-15-35-16-14-31/h3-4,6-9,17,21,25H,5,10-16,18-19H2,1-2H3,(H,29,32)/t21-,25+/m0/s1. The van der Waals surface area contributed by atoms with Crippen molar-refractivity contribution in [2.24, 2.45) is 5.92 Å². The molecular formula is C27H36ClN3O4. The molecular weight excluding hydrogens is 466 g/mol. The third-order valence-corrected chi connectivity index (χ3v) is 7.29. The molecule has 0 aliphatic carbocycles. The lowest BCUT2D eigenvalue weighted by Crippen LogP contribution is -2.53. The molecule has 0 saturated carbocycles. The first-order chi connectivity index (χ1) is 17.1. The molecule has 2 heterocycles. The number of halogens is 1. The fraction of sp³-hybridized carbons (Fsp3) is 0.519. The fourth-order valence-corrected chi connectivity index (χ4v) is 5.32. The Balaban J connectivity index is 1.39. The Morgan fingerprint density at radius 1 is 1.09 bits per heavy atom. The minimum atomic E-state index is 0.00372. The molecule has 2 aromatic rings. The summed E-state index contributed by atoms with van der Waals surface area (Å²) in [4.78, 5) is 18.0. The van der Waals surface area contributed by atoms with Crippen molar-refractivity contribution in [3.05, 3.63) is 53.1 Å². The maximum Gasteiger partial charge on any atom is 0.224 e. The van der Waals surface area contributed by atoms with Gasteiger partial charge in [0.1, 0.15) is 11.5 Å². The second-order valence-corrected chi connectivity index (χ2v) is 9.72. The van der Waals surface area contributed by atoms with Crippen LogP contribution < -0.4 is 14.8 Å².